The van der Waals surface area contributed by atoms with Gasteiger partial charge in [0.1, 0.15) is 18.0 Å². The van der Waals surface area contributed by atoms with Gasteiger partial charge in [0.15, 0.2) is 0 Å². The number of hydrogen-bond donors (Lipinski definition) is 1. The lowest BCUT2D eigenvalue weighted by atomic mass is 10.1. The summed E-state index contributed by atoms with van der Waals surface area (Å²) in [5, 5.41) is 10.6. The minimum atomic E-state index is -0.914. The van der Waals surface area contributed by atoms with E-state index in [1.807, 2.05) is 31.2 Å². The Balaban J connectivity index is 1.52. The van der Waals surface area contributed by atoms with Gasteiger partial charge in [-0.25, -0.2) is 0 Å². The Hall–Kier alpha value is -1.55. The molecule has 1 atom stereocenters. The van der Waals surface area contributed by atoms with Crippen molar-refractivity contribution in [1.82, 2.24) is 4.90 Å². The molecule has 0 radical (unpaired) electrons. The van der Waals surface area contributed by atoms with Gasteiger partial charge in [0.05, 0.1) is 6.54 Å². The summed E-state index contributed by atoms with van der Waals surface area (Å²) >= 11 is 0. The normalized spacial score (nSPS) is 25.1. The summed E-state index contributed by atoms with van der Waals surface area (Å²) in [6, 6.07) is 7.79. The van der Waals surface area contributed by atoms with Crippen molar-refractivity contribution in [2.45, 2.75) is 38.2 Å². The zero-order chi connectivity index (χ0) is 14.9. The number of likely N-dealkylation sites (tertiary alicyclic amines) is 1. The number of nitrogens with zero attached hydrogens (tertiary/aromatic N) is 1. The molecule has 1 N–H and O–H groups in total. The molecule has 0 spiro atoms. The zero-order valence-electron chi connectivity index (χ0n) is 12.5. The van der Waals surface area contributed by atoms with Crippen LogP contribution in [0.1, 0.15) is 31.2 Å². The average Bonchev–Trinajstić information content (AvgIpc) is 3.17. The summed E-state index contributed by atoms with van der Waals surface area (Å²) in [6.45, 7) is 3.28. The molecule has 1 saturated heterocycles. The average molecular weight is 289 g/mol. The van der Waals surface area contributed by atoms with E-state index in [1.165, 1.54) is 12.8 Å². The Morgan fingerprint density at radius 2 is 2.29 bits per heavy atom. The number of carbonyl (C=O) groups is 1. The monoisotopic (exact) mass is 289 g/mol. The Labute approximate surface area is 125 Å². The summed E-state index contributed by atoms with van der Waals surface area (Å²) in [7, 11) is 0. The first kappa shape index (κ1) is 14.4. The van der Waals surface area contributed by atoms with E-state index in [4.69, 9.17) is 4.74 Å². The summed E-state index contributed by atoms with van der Waals surface area (Å²) < 4.78 is 5.71. The smallest absolute Gasteiger partial charge is 0.222 e. The first-order valence-corrected chi connectivity index (χ1v) is 7.74. The molecule has 21 heavy (non-hydrogen) atoms. The lowest BCUT2D eigenvalue weighted by molar-refractivity contribution is -0.131. The van der Waals surface area contributed by atoms with Crippen molar-refractivity contribution < 1.29 is 14.6 Å². The molecule has 1 aliphatic heterocycles. The van der Waals surface area contributed by atoms with Gasteiger partial charge in [-0.3, -0.25) is 4.79 Å². The van der Waals surface area contributed by atoms with Gasteiger partial charge in [-0.1, -0.05) is 12.1 Å². The van der Waals surface area contributed by atoms with Gasteiger partial charge in [0, 0.05) is 13.0 Å². The van der Waals surface area contributed by atoms with E-state index in [1.54, 1.807) is 4.90 Å². The molecule has 2 aliphatic rings. The quantitative estimate of drug-likeness (QED) is 0.903. The van der Waals surface area contributed by atoms with Crippen molar-refractivity contribution in [3.63, 3.8) is 0 Å². The number of aryl methyl sites for hydroxylation is 1. The number of benzene rings is 1. The van der Waals surface area contributed by atoms with Gasteiger partial charge in [-0.2, -0.15) is 0 Å². The molecular formula is C17H23NO3. The number of aliphatic hydroxyl groups is 1. The highest BCUT2D eigenvalue weighted by molar-refractivity contribution is 5.77. The molecule has 1 unspecified atom stereocenters. The molecule has 3 rings (SSSR count). The van der Waals surface area contributed by atoms with Crippen molar-refractivity contribution in [1.29, 1.82) is 0 Å². The summed E-state index contributed by atoms with van der Waals surface area (Å²) in [5.41, 5.74) is 0.218. The minimum Gasteiger partial charge on any atom is -0.491 e. The van der Waals surface area contributed by atoms with Gasteiger partial charge in [0.25, 0.3) is 0 Å². The molecule has 4 nitrogen and oxygen atoms in total. The maximum Gasteiger partial charge on any atom is 0.222 e. The van der Waals surface area contributed by atoms with Crippen LogP contribution in [0.5, 0.6) is 5.75 Å². The fourth-order valence-electron chi connectivity index (χ4n) is 2.81. The molecule has 4 heteroatoms. The SMILES string of the molecule is Cc1cccc(OCC2(O)CCN(C(=O)CC3CC3)C2)c1. The van der Waals surface area contributed by atoms with E-state index >= 15 is 0 Å². The highest BCUT2D eigenvalue weighted by atomic mass is 16.5. The molecule has 2 fully saturated rings. The fraction of sp³-hybridized carbons (Fsp3) is 0.588. The molecular weight excluding hydrogens is 266 g/mol. The zero-order valence-corrected chi connectivity index (χ0v) is 12.5. The van der Waals surface area contributed by atoms with E-state index in [0.717, 1.165) is 11.3 Å². The van der Waals surface area contributed by atoms with Crippen LogP contribution in [0.2, 0.25) is 0 Å². The van der Waals surface area contributed by atoms with E-state index < -0.39 is 5.60 Å². The molecule has 1 amide bonds. The Bertz CT molecular complexity index is 527. The summed E-state index contributed by atoms with van der Waals surface area (Å²) in [5.74, 6) is 1.55. The van der Waals surface area contributed by atoms with E-state index in [0.29, 0.717) is 31.8 Å². The largest absolute Gasteiger partial charge is 0.491 e. The van der Waals surface area contributed by atoms with Crippen molar-refractivity contribution >= 4 is 5.91 Å². The van der Waals surface area contributed by atoms with Gasteiger partial charge >= 0.3 is 0 Å². The van der Waals surface area contributed by atoms with Gasteiger partial charge < -0.3 is 14.7 Å². The molecule has 114 valence electrons. The summed E-state index contributed by atoms with van der Waals surface area (Å²) in [4.78, 5) is 13.9. The third-order valence-electron chi connectivity index (χ3n) is 4.34. The molecule has 1 heterocycles. The lowest BCUT2D eigenvalue weighted by Crippen LogP contribution is -2.40. The number of amides is 1. The van der Waals surface area contributed by atoms with Crippen LogP contribution in [0.4, 0.5) is 0 Å². The molecule has 0 bridgehead atoms. The Morgan fingerprint density at radius 1 is 1.48 bits per heavy atom. The number of rotatable bonds is 5. The number of carbonyl (C=O) groups excluding carboxylic acids is 1. The third-order valence-corrected chi connectivity index (χ3v) is 4.34. The van der Waals surface area contributed by atoms with Crippen LogP contribution >= 0.6 is 0 Å². The van der Waals surface area contributed by atoms with Gasteiger partial charge in [0.2, 0.25) is 5.91 Å². The highest BCUT2D eigenvalue weighted by Crippen LogP contribution is 2.34. The second-order valence-corrected chi connectivity index (χ2v) is 6.54. The molecule has 0 aromatic heterocycles. The van der Waals surface area contributed by atoms with Crippen molar-refractivity contribution in [2.75, 3.05) is 19.7 Å². The van der Waals surface area contributed by atoms with Crippen LogP contribution in [0.3, 0.4) is 0 Å². The van der Waals surface area contributed by atoms with Gasteiger partial charge in [-0.15, -0.1) is 0 Å². The van der Waals surface area contributed by atoms with Crippen LogP contribution in [0.25, 0.3) is 0 Å². The van der Waals surface area contributed by atoms with Crippen LogP contribution in [-0.4, -0.2) is 41.2 Å². The number of hydrogen-bond acceptors (Lipinski definition) is 3. The molecule has 1 saturated carbocycles. The molecule has 1 aromatic rings. The lowest BCUT2D eigenvalue weighted by Gasteiger charge is -2.23. The predicted octanol–water partition coefficient (Wildman–Crippen LogP) is 2.14. The van der Waals surface area contributed by atoms with Crippen molar-refractivity contribution in [3.05, 3.63) is 29.8 Å². The van der Waals surface area contributed by atoms with E-state index in [-0.39, 0.29) is 12.5 Å². The Kier molecular flexibility index (Phi) is 3.89. The van der Waals surface area contributed by atoms with Crippen LogP contribution < -0.4 is 4.74 Å². The van der Waals surface area contributed by atoms with Gasteiger partial charge in [-0.05, 0) is 49.8 Å². The van der Waals surface area contributed by atoms with E-state index in [9.17, 15) is 9.90 Å². The predicted molar refractivity (Wildman–Crippen MR) is 80.2 cm³/mol. The van der Waals surface area contributed by atoms with Crippen LogP contribution in [-0.2, 0) is 4.79 Å². The van der Waals surface area contributed by atoms with Crippen LogP contribution in [0.15, 0.2) is 24.3 Å². The summed E-state index contributed by atoms with van der Waals surface area (Å²) in [6.07, 6.45) is 3.60. The number of ether oxygens (including phenoxy) is 1. The molecule has 1 aliphatic carbocycles. The highest BCUT2D eigenvalue weighted by Gasteiger charge is 2.40. The second kappa shape index (κ2) is 5.68. The van der Waals surface area contributed by atoms with Crippen LogP contribution in [0, 0.1) is 12.8 Å². The minimum absolute atomic E-state index is 0.184. The standard InChI is InChI=1S/C17H23NO3/c1-13-3-2-4-15(9-13)21-12-17(20)7-8-18(11-17)16(19)10-14-5-6-14/h2-4,9,14,20H,5-8,10-12H2,1H3. The molecule has 1 aromatic carbocycles. The first-order chi connectivity index (χ1) is 10.0. The maximum atomic E-state index is 12.1. The van der Waals surface area contributed by atoms with E-state index in [2.05, 4.69) is 0 Å². The first-order valence-electron chi connectivity index (χ1n) is 7.74. The maximum absolute atomic E-state index is 12.1. The Morgan fingerprint density at radius 3 is 3.00 bits per heavy atom. The number of β-amino-alcohol motifs (C(OH)–C–C–N with tert-alkyl or cyclic N) is 1. The third kappa shape index (κ3) is 3.76. The van der Waals surface area contributed by atoms with Crippen molar-refractivity contribution in [3.8, 4) is 5.75 Å². The second-order valence-electron chi connectivity index (χ2n) is 6.54. The fourth-order valence-corrected chi connectivity index (χ4v) is 2.81. The van der Waals surface area contributed by atoms with Crippen molar-refractivity contribution in [2.24, 2.45) is 5.92 Å². The topological polar surface area (TPSA) is 49.8 Å².